The number of sulfonamides is 1. The molecule has 0 saturated carbocycles. The quantitative estimate of drug-likeness (QED) is 0.369. The number of carbonyl (C=O) groups excluding carboxylic acids is 1. The van der Waals surface area contributed by atoms with Gasteiger partial charge in [-0.2, -0.15) is 0 Å². The average Bonchev–Trinajstić information content (AvgIpc) is 3.16. The van der Waals surface area contributed by atoms with Gasteiger partial charge in [-0.05, 0) is 60.4 Å². The Bertz CT molecular complexity index is 1440. The summed E-state index contributed by atoms with van der Waals surface area (Å²) < 4.78 is 32.6. The molecule has 0 aliphatic heterocycles. The lowest BCUT2D eigenvalue weighted by atomic mass is 10.1. The molecule has 0 unspecified atom stereocenters. The van der Waals surface area contributed by atoms with E-state index in [4.69, 9.17) is 9.72 Å². The van der Waals surface area contributed by atoms with E-state index in [1.807, 2.05) is 16.9 Å². The molecule has 0 saturated heterocycles. The normalized spacial score (nSPS) is 11.5. The highest BCUT2D eigenvalue weighted by Gasteiger charge is 2.13. The minimum atomic E-state index is -3.60. The van der Waals surface area contributed by atoms with Crippen molar-refractivity contribution >= 4 is 27.0 Å². The zero-order valence-corrected chi connectivity index (χ0v) is 20.9. The van der Waals surface area contributed by atoms with Crippen LogP contribution < -0.4 is 9.46 Å². The van der Waals surface area contributed by atoms with Crippen LogP contribution in [0.25, 0.3) is 11.0 Å². The lowest BCUT2D eigenvalue weighted by Crippen LogP contribution is -2.29. The molecule has 8 heteroatoms. The van der Waals surface area contributed by atoms with Gasteiger partial charge in [0.2, 0.25) is 10.0 Å². The smallest absolute Gasteiger partial charge is 0.264 e. The van der Waals surface area contributed by atoms with E-state index < -0.39 is 15.9 Å². The summed E-state index contributed by atoms with van der Waals surface area (Å²) in [6.45, 7) is 5.34. The Morgan fingerprint density at radius 3 is 2.34 bits per heavy atom. The molecule has 0 fully saturated rings. The van der Waals surface area contributed by atoms with Crippen molar-refractivity contribution in [1.29, 1.82) is 0 Å². The van der Waals surface area contributed by atoms with Crippen LogP contribution in [0.15, 0.2) is 66.7 Å². The molecule has 1 N–H and O–H groups in total. The number of imidazole rings is 1. The first kappa shape index (κ1) is 24.5. The molecule has 1 heterocycles. The zero-order chi connectivity index (χ0) is 25.0. The first-order valence-electron chi connectivity index (χ1n) is 11.5. The highest BCUT2D eigenvalue weighted by molar-refractivity contribution is 7.89. The summed E-state index contributed by atoms with van der Waals surface area (Å²) in [6, 6.07) is 21.0. The van der Waals surface area contributed by atoms with E-state index in [1.54, 1.807) is 24.3 Å². The second kappa shape index (κ2) is 10.3. The molecule has 0 spiro atoms. The maximum atomic E-state index is 11.9. The van der Waals surface area contributed by atoms with Crippen LogP contribution in [0.5, 0.6) is 5.75 Å². The number of para-hydroxylation sites is 1. The van der Waals surface area contributed by atoms with Crippen LogP contribution in [0.1, 0.15) is 46.2 Å². The Morgan fingerprint density at radius 1 is 1.00 bits per heavy atom. The van der Waals surface area contributed by atoms with E-state index >= 15 is 0 Å². The van der Waals surface area contributed by atoms with Crippen LogP contribution in [-0.2, 0) is 29.6 Å². The van der Waals surface area contributed by atoms with E-state index in [-0.39, 0.29) is 5.56 Å². The Kier molecular flexibility index (Phi) is 7.21. The van der Waals surface area contributed by atoms with Crippen molar-refractivity contribution < 1.29 is 17.9 Å². The molecule has 0 atom stereocenters. The van der Waals surface area contributed by atoms with E-state index in [1.165, 1.54) is 5.56 Å². The first-order valence-corrected chi connectivity index (χ1v) is 13.4. The Morgan fingerprint density at radius 2 is 1.69 bits per heavy atom. The Hall–Kier alpha value is -3.65. The number of aryl methyl sites for hydroxylation is 2. The van der Waals surface area contributed by atoms with Gasteiger partial charge in [0.05, 0.1) is 17.3 Å². The van der Waals surface area contributed by atoms with Gasteiger partial charge >= 0.3 is 0 Å². The number of hydrogen-bond acceptors (Lipinski definition) is 5. The molecule has 182 valence electrons. The van der Waals surface area contributed by atoms with Crippen LogP contribution in [0.4, 0.5) is 0 Å². The monoisotopic (exact) mass is 491 g/mol. The number of benzene rings is 3. The van der Waals surface area contributed by atoms with Gasteiger partial charge in [-0.3, -0.25) is 4.79 Å². The van der Waals surface area contributed by atoms with Crippen molar-refractivity contribution in [2.75, 3.05) is 6.26 Å². The maximum Gasteiger partial charge on any atom is 0.264 e. The molecule has 1 amide bonds. The number of amides is 1. The minimum absolute atomic E-state index is 0.271. The lowest BCUT2D eigenvalue weighted by molar-refractivity contribution is 0.0981. The van der Waals surface area contributed by atoms with Crippen LogP contribution >= 0.6 is 0 Å². The van der Waals surface area contributed by atoms with Gasteiger partial charge in [0.25, 0.3) is 5.91 Å². The summed E-state index contributed by atoms with van der Waals surface area (Å²) in [6.07, 6.45) is 2.92. The van der Waals surface area contributed by atoms with Gasteiger partial charge < -0.3 is 9.30 Å². The molecule has 1 aromatic heterocycles. The Balaban J connectivity index is 1.41. The predicted molar refractivity (Wildman–Crippen MR) is 137 cm³/mol. The summed E-state index contributed by atoms with van der Waals surface area (Å²) in [5, 5.41) is 0. The molecule has 7 nitrogen and oxygen atoms in total. The molecule has 0 bridgehead atoms. The first-order chi connectivity index (χ1) is 16.7. The molecule has 0 aliphatic rings. The van der Waals surface area contributed by atoms with Gasteiger partial charge in [0.15, 0.2) is 0 Å². The van der Waals surface area contributed by atoms with E-state index in [0.29, 0.717) is 6.61 Å². The maximum absolute atomic E-state index is 11.9. The number of carbonyl (C=O) groups is 1. The van der Waals surface area contributed by atoms with Crippen molar-refractivity contribution in [3.63, 3.8) is 0 Å². The largest absolute Gasteiger partial charge is 0.489 e. The topological polar surface area (TPSA) is 90.3 Å². The van der Waals surface area contributed by atoms with Gasteiger partial charge in [-0.25, -0.2) is 18.1 Å². The summed E-state index contributed by atoms with van der Waals surface area (Å²) in [4.78, 5) is 16.8. The van der Waals surface area contributed by atoms with E-state index in [9.17, 15) is 13.2 Å². The van der Waals surface area contributed by atoms with E-state index in [0.717, 1.165) is 59.4 Å². The highest BCUT2D eigenvalue weighted by atomic mass is 32.2. The fourth-order valence-electron chi connectivity index (χ4n) is 3.95. The second-order valence-corrected chi connectivity index (χ2v) is 10.4. The zero-order valence-electron chi connectivity index (χ0n) is 20.1. The number of fused-ring (bicyclic) bond motifs is 1. The van der Waals surface area contributed by atoms with Crippen molar-refractivity contribution in [3.05, 3.63) is 94.8 Å². The average molecular weight is 492 g/mol. The number of hydrogen-bond donors (Lipinski definition) is 1. The van der Waals surface area contributed by atoms with Crippen LogP contribution in [0.3, 0.4) is 0 Å². The SMILES string of the molecule is CCCc1nc2c(C)cccc2n1Cc1ccc(OCc2ccc(C(=O)NS(C)(=O)=O)cc2)cc1. The fraction of sp³-hybridized carbons (Fsp3) is 0.259. The molecule has 0 aliphatic carbocycles. The van der Waals surface area contributed by atoms with Gasteiger partial charge in [0, 0.05) is 18.5 Å². The molecular weight excluding hydrogens is 462 g/mol. The van der Waals surface area contributed by atoms with Crippen molar-refractivity contribution in [3.8, 4) is 5.75 Å². The van der Waals surface area contributed by atoms with Crippen molar-refractivity contribution in [1.82, 2.24) is 14.3 Å². The highest BCUT2D eigenvalue weighted by Crippen LogP contribution is 2.23. The van der Waals surface area contributed by atoms with Crippen LogP contribution in [0, 0.1) is 6.92 Å². The number of aromatic nitrogens is 2. The number of nitrogens with one attached hydrogen (secondary N) is 1. The second-order valence-electron chi connectivity index (χ2n) is 8.64. The molecule has 35 heavy (non-hydrogen) atoms. The third kappa shape index (κ3) is 6.08. The van der Waals surface area contributed by atoms with Crippen LogP contribution in [0.2, 0.25) is 0 Å². The molecule has 0 radical (unpaired) electrons. The van der Waals surface area contributed by atoms with Crippen molar-refractivity contribution in [2.24, 2.45) is 0 Å². The molecular formula is C27H29N3O4S. The number of nitrogens with zero attached hydrogens (tertiary/aromatic N) is 2. The van der Waals surface area contributed by atoms with Gasteiger partial charge in [-0.1, -0.05) is 43.3 Å². The minimum Gasteiger partial charge on any atom is -0.489 e. The molecule has 3 aromatic carbocycles. The fourth-order valence-corrected chi connectivity index (χ4v) is 4.40. The number of ether oxygens (including phenoxy) is 1. The summed E-state index contributed by atoms with van der Waals surface area (Å²) >= 11 is 0. The summed E-state index contributed by atoms with van der Waals surface area (Å²) in [5.41, 5.74) is 5.71. The third-order valence-corrected chi connectivity index (χ3v) is 6.25. The third-order valence-electron chi connectivity index (χ3n) is 5.70. The van der Waals surface area contributed by atoms with Gasteiger partial charge in [0.1, 0.15) is 18.2 Å². The molecule has 4 rings (SSSR count). The Labute approximate surface area is 205 Å². The van der Waals surface area contributed by atoms with Crippen LogP contribution in [-0.4, -0.2) is 30.1 Å². The van der Waals surface area contributed by atoms with E-state index in [2.05, 4.69) is 48.7 Å². The predicted octanol–water partition coefficient (Wildman–Crippen LogP) is 4.61. The summed E-state index contributed by atoms with van der Waals surface area (Å²) in [7, 11) is -3.60. The van der Waals surface area contributed by atoms with Gasteiger partial charge in [-0.15, -0.1) is 0 Å². The number of rotatable bonds is 9. The standard InChI is InChI=1S/C27H29N3O4S/c1-4-6-25-28-26-19(2)7-5-8-24(26)30(25)17-20-11-15-23(16-12-20)34-18-21-9-13-22(14-10-21)27(31)29-35(3,32)33/h5,7-16H,4,6,17-18H2,1-3H3,(H,29,31). The molecule has 4 aromatic rings. The van der Waals surface area contributed by atoms with Crippen molar-refractivity contribution in [2.45, 2.75) is 39.8 Å². The summed E-state index contributed by atoms with van der Waals surface area (Å²) in [5.74, 6) is 1.19. The lowest BCUT2D eigenvalue weighted by Gasteiger charge is -2.11.